The summed E-state index contributed by atoms with van der Waals surface area (Å²) in [4.78, 5) is 17.8. The number of esters is 1. The highest BCUT2D eigenvalue weighted by Crippen LogP contribution is 2.39. The van der Waals surface area contributed by atoms with E-state index in [4.69, 9.17) is 4.74 Å². The monoisotopic (exact) mass is 315 g/mol. The normalized spacial score (nSPS) is 17.0. The Kier molecular flexibility index (Phi) is 3.94. The van der Waals surface area contributed by atoms with Crippen LogP contribution in [0.4, 0.5) is 5.95 Å². The summed E-state index contributed by atoms with van der Waals surface area (Å²) < 4.78 is 6.97. The van der Waals surface area contributed by atoms with Gasteiger partial charge in [0.25, 0.3) is 0 Å². The largest absolute Gasteiger partial charge is 0.466 e. The maximum absolute atomic E-state index is 12.3. The number of hydrogen-bond donors (Lipinski definition) is 1. The van der Waals surface area contributed by atoms with E-state index in [0.29, 0.717) is 5.57 Å². The minimum atomic E-state index is -0.328. The van der Waals surface area contributed by atoms with Gasteiger partial charge in [0.2, 0.25) is 5.95 Å². The summed E-state index contributed by atoms with van der Waals surface area (Å²) in [5, 5.41) is 3.17. The number of fused-ring (bicyclic) bond motifs is 1. The number of nitrogens with zero attached hydrogens (tertiary/aromatic N) is 2. The maximum atomic E-state index is 12.3. The number of ether oxygens (including phenoxy) is 1. The third kappa shape index (κ3) is 2.29. The molecule has 0 bridgehead atoms. The van der Waals surface area contributed by atoms with Crippen molar-refractivity contribution in [2.45, 2.75) is 17.9 Å². The summed E-state index contributed by atoms with van der Waals surface area (Å²) >= 11 is 1.66. The summed E-state index contributed by atoms with van der Waals surface area (Å²) in [7, 11) is 1.41. The lowest BCUT2D eigenvalue weighted by molar-refractivity contribution is -0.136. The van der Waals surface area contributed by atoms with Crippen LogP contribution in [0.1, 0.15) is 18.5 Å². The molecule has 1 aromatic heterocycles. The molecular formula is C16H17N3O2S. The Balaban J connectivity index is 2.23. The third-order valence-corrected chi connectivity index (χ3v) is 4.57. The number of hydrogen-bond acceptors (Lipinski definition) is 5. The van der Waals surface area contributed by atoms with E-state index in [0.717, 1.165) is 22.1 Å². The first-order valence-corrected chi connectivity index (χ1v) is 8.11. The molecule has 1 unspecified atom stereocenters. The van der Waals surface area contributed by atoms with Crippen LogP contribution in [0.25, 0.3) is 0 Å². The van der Waals surface area contributed by atoms with Gasteiger partial charge in [-0.3, -0.25) is 0 Å². The van der Waals surface area contributed by atoms with Gasteiger partial charge in [-0.2, -0.15) is 0 Å². The number of aromatic nitrogens is 2. The topological polar surface area (TPSA) is 56.1 Å². The molecule has 1 aliphatic heterocycles. The van der Waals surface area contributed by atoms with E-state index in [1.807, 2.05) is 42.1 Å². The average Bonchev–Trinajstić information content (AvgIpc) is 3.00. The molecule has 1 atom stereocenters. The van der Waals surface area contributed by atoms with Gasteiger partial charge in [-0.15, -0.1) is 11.8 Å². The Labute approximate surface area is 133 Å². The Hall–Kier alpha value is -2.21. The quantitative estimate of drug-likeness (QED) is 0.697. The Morgan fingerprint density at radius 1 is 1.41 bits per heavy atom. The zero-order valence-corrected chi connectivity index (χ0v) is 13.5. The van der Waals surface area contributed by atoms with Crippen LogP contribution in [-0.2, 0) is 9.53 Å². The summed E-state index contributed by atoms with van der Waals surface area (Å²) in [6, 6.07) is 7.84. The summed E-state index contributed by atoms with van der Waals surface area (Å²) in [5.41, 5.74) is 2.44. The van der Waals surface area contributed by atoms with Crippen molar-refractivity contribution in [3.05, 3.63) is 53.5 Å². The molecule has 2 heterocycles. The van der Waals surface area contributed by atoms with Gasteiger partial charge < -0.3 is 14.6 Å². The number of carbonyl (C=O) groups is 1. The molecule has 22 heavy (non-hydrogen) atoms. The van der Waals surface area contributed by atoms with E-state index in [1.54, 1.807) is 18.0 Å². The summed E-state index contributed by atoms with van der Waals surface area (Å²) in [6.45, 7) is 1.87. The van der Waals surface area contributed by atoms with Crippen LogP contribution in [0.5, 0.6) is 0 Å². The number of benzene rings is 1. The standard InChI is InChI=1S/C16H17N3O2S/c1-10-13(15(20)21-2)14(19-9-8-17-16(19)18-10)11-6-4-5-7-12(11)22-3/h4-9,14H,1-3H3,(H,17,18). The molecule has 5 nitrogen and oxygen atoms in total. The lowest BCUT2D eigenvalue weighted by atomic mass is 9.95. The van der Waals surface area contributed by atoms with Crippen molar-refractivity contribution in [2.24, 2.45) is 0 Å². The Morgan fingerprint density at radius 3 is 2.91 bits per heavy atom. The fourth-order valence-electron chi connectivity index (χ4n) is 2.77. The molecule has 1 aromatic carbocycles. The third-order valence-electron chi connectivity index (χ3n) is 3.76. The average molecular weight is 315 g/mol. The molecule has 0 saturated heterocycles. The van der Waals surface area contributed by atoms with Gasteiger partial charge in [0.1, 0.15) is 0 Å². The molecule has 114 valence electrons. The SMILES string of the molecule is COC(=O)C1=C(C)Nc2nccn2C1c1ccccc1SC. The van der Waals surface area contributed by atoms with Gasteiger partial charge in [-0.25, -0.2) is 9.78 Å². The van der Waals surface area contributed by atoms with E-state index < -0.39 is 0 Å². The molecule has 6 heteroatoms. The predicted octanol–water partition coefficient (Wildman–Crippen LogP) is 3.07. The van der Waals surface area contributed by atoms with Crippen LogP contribution in [-0.4, -0.2) is 28.9 Å². The molecule has 0 radical (unpaired) electrons. The zero-order chi connectivity index (χ0) is 15.7. The highest BCUT2D eigenvalue weighted by atomic mass is 32.2. The molecule has 0 fully saturated rings. The molecule has 3 rings (SSSR count). The minimum Gasteiger partial charge on any atom is -0.466 e. The molecule has 2 aromatic rings. The van der Waals surface area contributed by atoms with Gasteiger partial charge in [0, 0.05) is 23.0 Å². The molecular weight excluding hydrogens is 298 g/mol. The van der Waals surface area contributed by atoms with Crippen LogP contribution >= 0.6 is 11.8 Å². The smallest absolute Gasteiger partial charge is 0.337 e. The van der Waals surface area contributed by atoms with Gasteiger partial charge in [0.05, 0.1) is 18.7 Å². The second kappa shape index (κ2) is 5.88. The van der Waals surface area contributed by atoms with Crippen molar-refractivity contribution in [1.82, 2.24) is 9.55 Å². The number of imidazole rings is 1. The fourth-order valence-corrected chi connectivity index (χ4v) is 3.40. The molecule has 0 aliphatic carbocycles. The Morgan fingerprint density at radius 2 is 2.18 bits per heavy atom. The van der Waals surface area contributed by atoms with Crippen molar-refractivity contribution in [3.8, 4) is 0 Å². The van der Waals surface area contributed by atoms with Gasteiger partial charge in [-0.05, 0) is 24.8 Å². The minimum absolute atomic E-state index is 0.241. The summed E-state index contributed by atoms with van der Waals surface area (Å²) in [5.74, 6) is 0.399. The number of carbonyl (C=O) groups excluding carboxylic acids is 1. The van der Waals surface area contributed by atoms with Gasteiger partial charge in [0.15, 0.2) is 0 Å². The predicted molar refractivity (Wildman–Crippen MR) is 86.9 cm³/mol. The molecule has 1 aliphatic rings. The fraction of sp³-hybridized carbons (Fsp3) is 0.250. The van der Waals surface area contributed by atoms with Crippen molar-refractivity contribution in [3.63, 3.8) is 0 Å². The van der Waals surface area contributed by atoms with E-state index >= 15 is 0 Å². The number of anilines is 1. The number of rotatable bonds is 3. The highest BCUT2D eigenvalue weighted by molar-refractivity contribution is 7.98. The highest BCUT2D eigenvalue weighted by Gasteiger charge is 2.33. The molecule has 0 spiro atoms. The van der Waals surface area contributed by atoms with Crippen LogP contribution < -0.4 is 5.32 Å². The lowest BCUT2D eigenvalue weighted by Gasteiger charge is -2.30. The van der Waals surface area contributed by atoms with E-state index in [2.05, 4.69) is 16.4 Å². The lowest BCUT2D eigenvalue weighted by Crippen LogP contribution is -2.28. The van der Waals surface area contributed by atoms with Gasteiger partial charge >= 0.3 is 5.97 Å². The second-order valence-corrected chi connectivity index (χ2v) is 5.81. The molecule has 0 saturated carbocycles. The molecule has 1 N–H and O–H groups in total. The summed E-state index contributed by atoms with van der Waals surface area (Å²) in [6.07, 6.45) is 5.63. The maximum Gasteiger partial charge on any atom is 0.337 e. The number of methoxy groups -OCH3 is 1. The van der Waals surface area contributed by atoms with Crippen LogP contribution in [0.15, 0.2) is 52.8 Å². The van der Waals surface area contributed by atoms with Crippen molar-refractivity contribution in [1.29, 1.82) is 0 Å². The van der Waals surface area contributed by atoms with E-state index in [9.17, 15) is 4.79 Å². The van der Waals surface area contributed by atoms with Crippen LogP contribution in [0.3, 0.4) is 0 Å². The van der Waals surface area contributed by atoms with E-state index in [1.165, 1.54) is 7.11 Å². The van der Waals surface area contributed by atoms with Crippen molar-refractivity contribution in [2.75, 3.05) is 18.7 Å². The van der Waals surface area contributed by atoms with E-state index in [-0.39, 0.29) is 12.0 Å². The van der Waals surface area contributed by atoms with Gasteiger partial charge in [-0.1, -0.05) is 18.2 Å². The first kappa shape index (κ1) is 14.7. The van der Waals surface area contributed by atoms with Crippen molar-refractivity contribution < 1.29 is 9.53 Å². The molecule has 0 amide bonds. The number of nitrogens with one attached hydrogen (secondary N) is 1. The number of thioether (sulfide) groups is 1. The zero-order valence-electron chi connectivity index (χ0n) is 12.7. The number of allylic oxidation sites excluding steroid dienone is 1. The second-order valence-electron chi connectivity index (χ2n) is 4.96. The Bertz CT molecular complexity index is 751. The first-order valence-electron chi connectivity index (χ1n) is 6.89. The first-order chi connectivity index (χ1) is 10.7. The van der Waals surface area contributed by atoms with Crippen LogP contribution in [0.2, 0.25) is 0 Å². The van der Waals surface area contributed by atoms with Crippen molar-refractivity contribution >= 4 is 23.7 Å². The van der Waals surface area contributed by atoms with Crippen LogP contribution in [0, 0.1) is 0 Å².